The van der Waals surface area contributed by atoms with Crippen molar-refractivity contribution in [1.82, 2.24) is 20.0 Å². The van der Waals surface area contributed by atoms with E-state index in [-0.39, 0.29) is 5.56 Å². The highest BCUT2D eigenvalue weighted by atomic mass is 19.3. The van der Waals surface area contributed by atoms with E-state index in [2.05, 4.69) is 31.8 Å². The van der Waals surface area contributed by atoms with E-state index in [4.69, 9.17) is 10.8 Å². The summed E-state index contributed by atoms with van der Waals surface area (Å²) in [7, 11) is 3.75. The minimum Gasteiger partial charge on any atom is -0.404 e. The molecule has 0 aliphatic carbocycles. The lowest BCUT2D eigenvalue weighted by atomic mass is 9.92. The predicted molar refractivity (Wildman–Crippen MR) is 137 cm³/mol. The lowest BCUT2D eigenvalue weighted by Crippen LogP contribution is -2.32. The molecule has 5 rings (SSSR count). The molecule has 0 spiro atoms. The number of alkyl halides is 2. The minimum absolute atomic E-state index is 0.0176. The third kappa shape index (κ3) is 4.47. The molecular weight excluding hydrogens is 448 g/mol. The number of aliphatic imine (C=N–C) groups is 1. The van der Waals surface area contributed by atoms with Crippen LogP contribution in [0, 0.1) is 0 Å². The maximum atomic E-state index is 14.3. The standard InChI is InChI=1S/C26H35F2N7/c1-30-15-18(14-29)20-12-17-4-3-10-34(24(17)13-21(20)25(27)28)26-22-16-33(2)11-7-23(22)35(32-26)19-5-8-31-9-6-19/h12-15,19,25,31H,3-11,16,29H2,1-2H3/b18-14+,30-15?. The number of aromatic nitrogens is 2. The maximum Gasteiger partial charge on any atom is 0.264 e. The average molecular weight is 484 g/mol. The monoisotopic (exact) mass is 483 g/mol. The van der Waals surface area contributed by atoms with Crippen molar-refractivity contribution in [2.45, 2.75) is 51.1 Å². The van der Waals surface area contributed by atoms with Crippen LogP contribution >= 0.6 is 0 Å². The smallest absolute Gasteiger partial charge is 0.264 e. The number of likely N-dealkylation sites (N-methyl/N-ethyl adjacent to an activating group) is 1. The van der Waals surface area contributed by atoms with E-state index in [1.54, 1.807) is 19.3 Å². The van der Waals surface area contributed by atoms with E-state index in [9.17, 15) is 8.78 Å². The zero-order valence-electron chi connectivity index (χ0n) is 20.6. The second-order valence-electron chi connectivity index (χ2n) is 9.80. The van der Waals surface area contributed by atoms with E-state index >= 15 is 0 Å². The Hall–Kier alpha value is -2.78. The molecule has 1 fully saturated rings. The molecule has 0 bridgehead atoms. The van der Waals surface area contributed by atoms with Gasteiger partial charge in [-0.25, -0.2) is 8.78 Å². The van der Waals surface area contributed by atoms with E-state index in [0.717, 1.165) is 81.9 Å². The van der Waals surface area contributed by atoms with Crippen molar-refractivity contribution in [3.8, 4) is 0 Å². The highest BCUT2D eigenvalue weighted by Crippen LogP contribution is 2.42. The van der Waals surface area contributed by atoms with Crippen LogP contribution in [-0.2, 0) is 19.4 Å². The molecule has 0 unspecified atom stereocenters. The number of hydrogen-bond donors (Lipinski definition) is 2. The number of fused-ring (bicyclic) bond motifs is 2. The molecule has 1 saturated heterocycles. The second kappa shape index (κ2) is 10.1. The third-order valence-electron chi connectivity index (χ3n) is 7.53. The molecule has 0 radical (unpaired) electrons. The number of benzene rings is 1. The minimum atomic E-state index is -2.62. The van der Waals surface area contributed by atoms with Crippen molar-refractivity contribution in [3.05, 3.63) is 46.3 Å². The number of nitrogens with one attached hydrogen (secondary N) is 1. The zero-order chi connectivity index (χ0) is 24.5. The van der Waals surface area contributed by atoms with Crippen molar-refractivity contribution in [1.29, 1.82) is 0 Å². The highest BCUT2D eigenvalue weighted by Gasteiger charge is 2.32. The number of rotatable bonds is 5. The Balaban J connectivity index is 1.62. The molecule has 4 heterocycles. The first-order valence-corrected chi connectivity index (χ1v) is 12.6. The predicted octanol–water partition coefficient (Wildman–Crippen LogP) is 3.82. The van der Waals surface area contributed by atoms with Gasteiger partial charge in [0.25, 0.3) is 6.43 Å². The molecule has 0 amide bonds. The van der Waals surface area contributed by atoms with E-state index < -0.39 is 6.43 Å². The van der Waals surface area contributed by atoms with Crippen LogP contribution in [0.25, 0.3) is 5.57 Å². The summed E-state index contributed by atoms with van der Waals surface area (Å²) in [5.74, 6) is 0.934. The van der Waals surface area contributed by atoms with Crippen LogP contribution in [0.3, 0.4) is 0 Å². The Labute approximate surface area is 205 Å². The number of anilines is 2. The van der Waals surface area contributed by atoms with E-state index in [1.807, 2.05) is 6.07 Å². The number of nitrogens with zero attached hydrogens (tertiary/aromatic N) is 5. The van der Waals surface area contributed by atoms with Crippen LogP contribution in [0.4, 0.5) is 20.3 Å². The van der Waals surface area contributed by atoms with Gasteiger partial charge in [-0.15, -0.1) is 0 Å². The molecule has 188 valence electrons. The highest BCUT2D eigenvalue weighted by molar-refractivity contribution is 6.10. The molecule has 3 N–H and O–H groups in total. The molecule has 2 aromatic rings. The number of nitrogens with two attached hydrogens (primary N) is 1. The quantitative estimate of drug-likeness (QED) is 0.633. The molecule has 0 atom stereocenters. The van der Waals surface area contributed by atoms with Gasteiger partial charge in [0, 0.05) is 73.6 Å². The first-order valence-electron chi connectivity index (χ1n) is 12.6. The SMILES string of the molecule is CN=C/C(=C\N)c1cc2c(cc1C(F)F)N(c1nn(C3CCNCC3)c3c1CN(C)CC3)CCC2. The van der Waals surface area contributed by atoms with Crippen molar-refractivity contribution < 1.29 is 8.78 Å². The Bertz CT molecular complexity index is 1130. The molecule has 3 aliphatic rings. The Morgan fingerprint density at radius 3 is 2.74 bits per heavy atom. The molecule has 9 heteroatoms. The number of hydrogen-bond acceptors (Lipinski definition) is 6. The summed E-state index contributed by atoms with van der Waals surface area (Å²) < 4.78 is 30.8. The van der Waals surface area contributed by atoms with Crippen LogP contribution < -0.4 is 16.0 Å². The van der Waals surface area contributed by atoms with Crippen molar-refractivity contribution in [3.63, 3.8) is 0 Å². The normalized spacial score (nSPS) is 20.0. The number of halogens is 2. The third-order valence-corrected chi connectivity index (χ3v) is 7.53. The van der Waals surface area contributed by atoms with Crippen LogP contribution in [0.1, 0.15) is 59.7 Å². The Morgan fingerprint density at radius 2 is 2.03 bits per heavy atom. The van der Waals surface area contributed by atoms with Gasteiger partial charge in [-0.1, -0.05) is 0 Å². The first-order chi connectivity index (χ1) is 17.0. The number of allylic oxidation sites excluding steroid dienone is 1. The van der Waals surface area contributed by atoms with Crippen LogP contribution in [0.2, 0.25) is 0 Å². The van der Waals surface area contributed by atoms with Crippen LogP contribution in [-0.4, -0.2) is 61.2 Å². The van der Waals surface area contributed by atoms with Crippen molar-refractivity contribution in [2.24, 2.45) is 10.7 Å². The molecule has 1 aromatic carbocycles. The molecule has 3 aliphatic heterocycles. The Kier molecular flexibility index (Phi) is 6.88. The van der Waals surface area contributed by atoms with Gasteiger partial charge >= 0.3 is 0 Å². The van der Waals surface area contributed by atoms with Crippen molar-refractivity contribution in [2.75, 3.05) is 45.2 Å². The number of aryl methyl sites for hydroxylation is 1. The fourth-order valence-corrected chi connectivity index (χ4v) is 5.77. The molecule has 7 nitrogen and oxygen atoms in total. The van der Waals surface area contributed by atoms with Crippen LogP contribution in [0.5, 0.6) is 0 Å². The fourth-order valence-electron chi connectivity index (χ4n) is 5.77. The van der Waals surface area contributed by atoms with Crippen molar-refractivity contribution >= 4 is 23.3 Å². The lowest BCUT2D eigenvalue weighted by molar-refractivity contribution is 0.151. The summed E-state index contributed by atoms with van der Waals surface area (Å²) >= 11 is 0. The van der Waals surface area contributed by atoms with Gasteiger partial charge in [0.15, 0.2) is 5.82 Å². The Morgan fingerprint density at radius 1 is 1.23 bits per heavy atom. The van der Waals surface area contributed by atoms with Crippen LogP contribution in [0.15, 0.2) is 23.3 Å². The molecule has 35 heavy (non-hydrogen) atoms. The van der Waals surface area contributed by atoms with Gasteiger partial charge < -0.3 is 20.9 Å². The van der Waals surface area contributed by atoms with Gasteiger partial charge in [0.2, 0.25) is 0 Å². The van der Waals surface area contributed by atoms with Gasteiger partial charge in [-0.2, -0.15) is 5.10 Å². The second-order valence-corrected chi connectivity index (χ2v) is 9.80. The summed E-state index contributed by atoms with van der Waals surface area (Å²) in [5, 5.41) is 8.64. The summed E-state index contributed by atoms with van der Waals surface area (Å²) in [4.78, 5) is 8.52. The van der Waals surface area contributed by atoms with Gasteiger partial charge in [-0.05, 0) is 69.1 Å². The summed E-state index contributed by atoms with van der Waals surface area (Å²) in [5.41, 5.74) is 11.2. The van der Waals surface area contributed by atoms with Gasteiger partial charge in [0.1, 0.15) is 0 Å². The first kappa shape index (κ1) is 23.9. The maximum absolute atomic E-state index is 14.3. The van der Waals surface area contributed by atoms with E-state index in [0.29, 0.717) is 17.2 Å². The molecule has 1 aromatic heterocycles. The molecular formula is C26H35F2N7. The zero-order valence-corrected chi connectivity index (χ0v) is 20.6. The van der Waals surface area contributed by atoms with Gasteiger partial charge in [-0.3, -0.25) is 9.67 Å². The van der Waals surface area contributed by atoms with Gasteiger partial charge in [0.05, 0.1) is 6.04 Å². The summed E-state index contributed by atoms with van der Waals surface area (Å²) in [6.07, 6.45) is 5.14. The summed E-state index contributed by atoms with van der Waals surface area (Å²) in [6.45, 7) is 4.60. The number of piperidine rings is 1. The van der Waals surface area contributed by atoms with E-state index in [1.165, 1.54) is 17.5 Å². The average Bonchev–Trinajstić information content (AvgIpc) is 3.25. The molecule has 0 saturated carbocycles. The topological polar surface area (TPSA) is 74.7 Å². The fraction of sp³-hybridized carbons (Fsp3) is 0.538. The lowest BCUT2D eigenvalue weighted by Gasteiger charge is -2.33. The summed E-state index contributed by atoms with van der Waals surface area (Å²) in [6, 6.07) is 3.92. The largest absolute Gasteiger partial charge is 0.404 e.